The molecule has 1 aliphatic carbocycles. The number of imidazole rings is 1. The number of allylic oxidation sites excluding steroid dienone is 2. The van der Waals surface area contributed by atoms with Crippen molar-refractivity contribution in [1.82, 2.24) is 9.55 Å². The van der Waals surface area contributed by atoms with E-state index in [1.807, 2.05) is 12.1 Å². The summed E-state index contributed by atoms with van der Waals surface area (Å²) in [7, 11) is 0. The van der Waals surface area contributed by atoms with Crippen LogP contribution in [0.2, 0.25) is 0 Å². The fraction of sp³-hybridized carbons (Fsp3) is 0.200. The van der Waals surface area contributed by atoms with Crippen molar-refractivity contribution in [2.45, 2.75) is 18.9 Å². The van der Waals surface area contributed by atoms with Crippen molar-refractivity contribution in [3.8, 4) is 6.07 Å². The van der Waals surface area contributed by atoms with Crippen LogP contribution in [-0.2, 0) is 0 Å². The molecule has 0 amide bonds. The lowest BCUT2D eigenvalue weighted by atomic mass is 10.2. The molecule has 6 nitrogen and oxygen atoms in total. The number of aromatic nitrogens is 2. The van der Waals surface area contributed by atoms with Gasteiger partial charge >= 0.3 is 0 Å². The summed E-state index contributed by atoms with van der Waals surface area (Å²) < 4.78 is 2.06. The van der Waals surface area contributed by atoms with E-state index < -0.39 is 0 Å². The van der Waals surface area contributed by atoms with E-state index in [1.165, 1.54) is 12.3 Å². The first-order chi connectivity index (χ1) is 10.1. The number of fused-ring (bicyclic) bond motifs is 1. The number of rotatable bonds is 3. The Balaban J connectivity index is 2.25. The van der Waals surface area contributed by atoms with Gasteiger partial charge in [0.2, 0.25) is 0 Å². The number of nitrogens with zero attached hydrogens (tertiary/aromatic N) is 3. The Labute approximate surface area is 121 Å². The summed E-state index contributed by atoms with van der Waals surface area (Å²) in [6.45, 7) is 0. The fourth-order valence-corrected chi connectivity index (χ4v) is 2.42. The first-order valence-corrected chi connectivity index (χ1v) is 6.64. The Morgan fingerprint density at radius 1 is 1.48 bits per heavy atom. The number of hydrogen-bond acceptors (Lipinski definition) is 5. The zero-order valence-corrected chi connectivity index (χ0v) is 11.3. The Morgan fingerprint density at radius 3 is 2.81 bits per heavy atom. The number of aliphatic hydroxyl groups excluding tert-OH is 1. The number of nitriles is 1. The van der Waals surface area contributed by atoms with Crippen LogP contribution in [0.15, 0.2) is 36.4 Å². The summed E-state index contributed by atoms with van der Waals surface area (Å²) in [5.41, 5.74) is 13.8. The number of benzene rings is 1. The molecule has 0 bridgehead atoms. The van der Waals surface area contributed by atoms with Crippen LogP contribution < -0.4 is 11.5 Å². The molecule has 0 saturated heterocycles. The highest BCUT2D eigenvalue weighted by atomic mass is 16.3. The highest BCUT2D eigenvalue weighted by Gasteiger charge is 2.29. The monoisotopic (exact) mass is 281 g/mol. The van der Waals surface area contributed by atoms with Crippen LogP contribution in [0.25, 0.3) is 16.6 Å². The summed E-state index contributed by atoms with van der Waals surface area (Å²) >= 11 is 0. The van der Waals surface area contributed by atoms with Gasteiger partial charge in [0.05, 0.1) is 22.7 Å². The van der Waals surface area contributed by atoms with Gasteiger partial charge in [-0.25, -0.2) is 4.98 Å². The molecule has 106 valence electrons. The van der Waals surface area contributed by atoms with Gasteiger partial charge in [-0.1, -0.05) is 0 Å². The molecule has 1 fully saturated rings. The average Bonchev–Trinajstić information content (AvgIpc) is 3.24. The molecule has 6 heteroatoms. The maximum Gasteiger partial charge on any atom is 0.182 e. The summed E-state index contributed by atoms with van der Waals surface area (Å²) in [5.74, 6) is 0.334. The van der Waals surface area contributed by atoms with Gasteiger partial charge in [-0.05, 0) is 31.0 Å². The molecule has 2 aromatic rings. The molecule has 1 heterocycles. The zero-order chi connectivity index (χ0) is 15.0. The van der Waals surface area contributed by atoms with Crippen molar-refractivity contribution >= 4 is 16.6 Å². The third-order valence-electron chi connectivity index (χ3n) is 3.47. The maximum absolute atomic E-state index is 9.28. The molecular weight excluding hydrogens is 266 g/mol. The van der Waals surface area contributed by atoms with Gasteiger partial charge < -0.3 is 21.1 Å². The smallest absolute Gasteiger partial charge is 0.182 e. The van der Waals surface area contributed by atoms with Gasteiger partial charge in [0.1, 0.15) is 5.82 Å². The Kier molecular flexibility index (Phi) is 3.03. The second-order valence-corrected chi connectivity index (χ2v) is 5.04. The minimum absolute atomic E-state index is 0.321. The molecule has 1 aliphatic rings. The Hall–Kier alpha value is -2.94. The Morgan fingerprint density at radius 2 is 2.24 bits per heavy atom. The van der Waals surface area contributed by atoms with E-state index in [0.29, 0.717) is 23.0 Å². The van der Waals surface area contributed by atoms with Crippen molar-refractivity contribution < 1.29 is 5.11 Å². The molecule has 1 saturated carbocycles. The van der Waals surface area contributed by atoms with E-state index in [1.54, 1.807) is 6.07 Å². The lowest BCUT2D eigenvalue weighted by Crippen LogP contribution is -2.04. The number of hydrogen-bond donors (Lipinski definition) is 3. The minimum atomic E-state index is -0.321. The third kappa shape index (κ3) is 2.30. The predicted octanol–water partition coefficient (Wildman–Crippen LogP) is 1.90. The van der Waals surface area contributed by atoms with Crippen molar-refractivity contribution in [3.63, 3.8) is 0 Å². The van der Waals surface area contributed by atoms with Gasteiger partial charge in [0.25, 0.3) is 0 Å². The van der Waals surface area contributed by atoms with Crippen LogP contribution in [-0.4, -0.2) is 14.7 Å². The summed E-state index contributed by atoms with van der Waals surface area (Å²) in [4.78, 5) is 4.57. The molecule has 21 heavy (non-hydrogen) atoms. The highest BCUT2D eigenvalue weighted by Crippen LogP contribution is 2.40. The van der Waals surface area contributed by atoms with Crippen LogP contribution in [0, 0.1) is 11.3 Å². The second kappa shape index (κ2) is 4.87. The largest absolute Gasteiger partial charge is 0.495 e. The Bertz CT molecular complexity index is 801. The average molecular weight is 281 g/mol. The van der Waals surface area contributed by atoms with Gasteiger partial charge in [0.15, 0.2) is 5.88 Å². The predicted molar refractivity (Wildman–Crippen MR) is 79.8 cm³/mol. The van der Waals surface area contributed by atoms with Crippen molar-refractivity contribution in [1.29, 1.82) is 5.26 Å². The normalized spacial score (nSPS) is 16.1. The minimum Gasteiger partial charge on any atom is -0.495 e. The molecule has 5 N–H and O–H groups in total. The molecule has 3 rings (SSSR count). The van der Waals surface area contributed by atoms with Crippen molar-refractivity contribution in [2.75, 3.05) is 0 Å². The maximum atomic E-state index is 9.28. The zero-order valence-electron chi connectivity index (χ0n) is 11.3. The van der Waals surface area contributed by atoms with Crippen molar-refractivity contribution in [2.24, 2.45) is 11.5 Å². The van der Waals surface area contributed by atoms with E-state index in [2.05, 4.69) is 15.6 Å². The molecular formula is C15H15N5O. The standard InChI is InChI=1S/C15H15N5O/c16-7-9-1-4-12-13(5-9)20(11-2-3-11)15(19-12)10(8-17)6-14(18)21/h1,4-6,8,11,21H,2-3,17-18H2/b10-8+,14-6+. The van der Waals surface area contributed by atoms with Crippen LogP contribution in [0.5, 0.6) is 0 Å². The van der Waals surface area contributed by atoms with Gasteiger partial charge in [-0.15, -0.1) is 0 Å². The van der Waals surface area contributed by atoms with Crippen LogP contribution in [0.3, 0.4) is 0 Å². The van der Waals surface area contributed by atoms with E-state index in [-0.39, 0.29) is 5.88 Å². The first-order valence-electron chi connectivity index (χ1n) is 6.64. The number of aliphatic hydroxyl groups is 1. The van der Waals surface area contributed by atoms with E-state index >= 15 is 0 Å². The highest BCUT2D eigenvalue weighted by molar-refractivity contribution is 5.83. The van der Waals surface area contributed by atoms with E-state index in [9.17, 15) is 5.11 Å². The van der Waals surface area contributed by atoms with E-state index in [4.69, 9.17) is 16.7 Å². The molecule has 0 aliphatic heterocycles. The molecule has 1 aromatic heterocycles. The summed E-state index contributed by atoms with van der Waals surface area (Å²) in [5, 5.41) is 18.3. The molecule has 0 spiro atoms. The van der Waals surface area contributed by atoms with Gasteiger partial charge in [0, 0.05) is 23.9 Å². The first kappa shape index (κ1) is 13.1. The second-order valence-electron chi connectivity index (χ2n) is 5.04. The van der Waals surface area contributed by atoms with Gasteiger partial charge in [-0.2, -0.15) is 5.26 Å². The van der Waals surface area contributed by atoms with Crippen molar-refractivity contribution in [3.05, 3.63) is 47.7 Å². The van der Waals surface area contributed by atoms with Gasteiger partial charge in [-0.3, -0.25) is 0 Å². The number of nitrogens with two attached hydrogens (primary N) is 2. The summed E-state index contributed by atoms with van der Waals surface area (Å²) in [6, 6.07) is 7.86. The van der Waals surface area contributed by atoms with Crippen LogP contribution in [0.4, 0.5) is 0 Å². The third-order valence-corrected chi connectivity index (χ3v) is 3.47. The molecule has 0 atom stereocenters. The van der Waals surface area contributed by atoms with Crippen LogP contribution >= 0.6 is 0 Å². The molecule has 0 unspecified atom stereocenters. The quantitative estimate of drug-likeness (QED) is 0.587. The molecule has 1 aromatic carbocycles. The lowest BCUT2D eigenvalue weighted by molar-refractivity contribution is 0.406. The fourth-order valence-electron chi connectivity index (χ4n) is 2.42. The lowest BCUT2D eigenvalue weighted by Gasteiger charge is -2.08. The topological polar surface area (TPSA) is 114 Å². The van der Waals surface area contributed by atoms with Crippen LogP contribution in [0.1, 0.15) is 30.3 Å². The SMILES string of the molecule is N#Cc1ccc2nc(C(/C=C(\N)O)=C/N)n(C3CC3)c2c1. The molecule has 0 radical (unpaired) electrons. The summed E-state index contributed by atoms with van der Waals surface area (Å²) in [6.07, 6.45) is 4.87. The van der Waals surface area contributed by atoms with E-state index in [0.717, 1.165) is 23.9 Å².